The SMILES string of the molecule is CCN1CCCc2ccccc21.CCN1CCc2ccccc2C1. The van der Waals surface area contributed by atoms with Crippen molar-refractivity contribution in [2.45, 2.75) is 39.7 Å². The maximum absolute atomic E-state index is 2.49. The van der Waals surface area contributed by atoms with Gasteiger partial charge in [-0.3, -0.25) is 4.90 Å². The van der Waals surface area contributed by atoms with E-state index in [2.05, 4.69) is 72.2 Å². The number of para-hydroxylation sites is 1. The van der Waals surface area contributed by atoms with Crippen LogP contribution in [0.3, 0.4) is 0 Å². The van der Waals surface area contributed by atoms with Crippen LogP contribution in [0.4, 0.5) is 5.69 Å². The van der Waals surface area contributed by atoms with E-state index in [-0.39, 0.29) is 0 Å². The molecular formula is C22H30N2. The molecule has 4 rings (SSSR count). The van der Waals surface area contributed by atoms with E-state index in [1.807, 2.05) is 0 Å². The van der Waals surface area contributed by atoms with Crippen molar-refractivity contribution in [1.82, 2.24) is 4.90 Å². The van der Waals surface area contributed by atoms with Crippen molar-refractivity contribution in [2.75, 3.05) is 31.1 Å². The lowest BCUT2D eigenvalue weighted by atomic mass is 10.0. The van der Waals surface area contributed by atoms with E-state index in [9.17, 15) is 0 Å². The molecule has 0 aliphatic carbocycles. The van der Waals surface area contributed by atoms with E-state index in [1.54, 1.807) is 5.56 Å². The Kier molecular flexibility index (Phi) is 5.92. The summed E-state index contributed by atoms with van der Waals surface area (Å²) in [5.74, 6) is 0. The number of hydrogen-bond donors (Lipinski definition) is 0. The first-order valence-electron chi connectivity index (χ1n) is 9.43. The van der Waals surface area contributed by atoms with Crippen molar-refractivity contribution >= 4 is 5.69 Å². The summed E-state index contributed by atoms with van der Waals surface area (Å²) < 4.78 is 0. The Labute approximate surface area is 147 Å². The van der Waals surface area contributed by atoms with Gasteiger partial charge in [0.25, 0.3) is 0 Å². The highest BCUT2D eigenvalue weighted by Crippen LogP contribution is 2.25. The van der Waals surface area contributed by atoms with Gasteiger partial charge >= 0.3 is 0 Å². The van der Waals surface area contributed by atoms with E-state index in [0.29, 0.717) is 0 Å². The molecule has 0 radical (unpaired) electrons. The lowest BCUT2D eigenvalue weighted by Gasteiger charge is -2.29. The third kappa shape index (κ3) is 3.99. The van der Waals surface area contributed by atoms with E-state index in [4.69, 9.17) is 0 Å². The number of rotatable bonds is 2. The highest BCUT2D eigenvalue weighted by molar-refractivity contribution is 5.55. The Hall–Kier alpha value is -1.80. The lowest BCUT2D eigenvalue weighted by molar-refractivity contribution is 0.268. The van der Waals surface area contributed by atoms with Crippen LogP contribution in [-0.2, 0) is 19.4 Å². The molecule has 2 aromatic carbocycles. The van der Waals surface area contributed by atoms with Crippen LogP contribution < -0.4 is 4.90 Å². The van der Waals surface area contributed by atoms with E-state index in [1.165, 1.54) is 55.7 Å². The molecule has 2 aliphatic rings. The first kappa shape index (κ1) is 17.0. The minimum Gasteiger partial charge on any atom is -0.372 e. The molecule has 128 valence electrons. The van der Waals surface area contributed by atoms with E-state index >= 15 is 0 Å². The van der Waals surface area contributed by atoms with Crippen LogP contribution >= 0.6 is 0 Å². The fourth-order valence-electron chi connectivity index (χ4n) is 3.76. The number of hydrogen-bond acceptors (Lipinski definition) is 2. The van der Waals surface area contributed by atoms with Crippen LogP contribution in [0, 0.1) is 0 Å². The van der Waals surface area contributed by atoms with Gasteiger partial charge in [-0.05, 0) is 55.5 Å². The summed E-state index contributed by atoms with van der Waals surface area (Å²) in [7, 11) is 0. The average Bonchev–Trinajstić information content (AvgIpc) is 2.67. The molecule has 0 N–H and O–H groups in total. The van der Waals surface area contributed by atoms with Crippen molar-refractivity contribution < 1.29 is 0 Å². The van der Waals surface area contributed by atoms with Gasteiger partial charge < -0.3 is 4.90 Å². The Morgan fingerprint density at radius 1 is 0.750 bits per heavy atom. The zero-order chi connectivity index (χ0) is 16.8. The number of fused-ring (bicyclic) bond motifs is 2. The first-order chi connectivity index (χ1) is 11.8. The van der Waals surface area contributed by atoms with Crippen molar-refractivity contribution in [2.24, 2.45) is 0 Å². The second-order valence-electron chi connectivity index (χ2n) is 6.70. The standard InChI is InChI=1S/2C11H15N/c1-2-12-9-5-7-10-6-3-4-8-11(10)12;1-2-12-8-7-10-5-3-4-6-11(10)9-12/h3-4,6,8H,2,5,7,9H2,1H3;3-6H,2,7-9H2,1H3. The van der Waals surface area contributed by atoms with Crippen molar-refractivity contribution in [3.8, 4) is 0 Å². The number of nitrogens with zero attached hydrogens (tertiary/aromatic N) is 2. The normalized spacial score (nSPS) is 16.7. The van der Waals surface area contributed by atoms with Crippen LogP contribution in [0.25, 0.3) is 0 Å². The molecule has 2 nitrogen and oxygen atoms in total. The quantitative estimate of drug-likeness (QED) is 0.802. The van der Waals surface area contributed by atoms with Crippen LogP contribution in [0.2, 0.25) is 0 Å². The summed E-state index contributed by atoms with van der Waals surface area (Å²) in [5, 5.41) is 0. The van der Waals surface area contributed by atoms with Crippen molar-refractivity contribution in [1.29, 1.82) is 0 Å². The van der Waals surface area contributed by atoms with Gasteiger partial charge in [0, 0.05) is 31.9 Å². The maximum Gasteiger partial charge on any atom is 0.0398 e. The average molecular weight is 322 g/mol. The van der Waals surface area contributed by atoms with E-state index < -0.39 is 0 Å². The Balaban J connectivity index is 0.000000141. The van der Waals surface area contributed by atoms with Crippen LogP contribution in [0.15, 0.2) is 48.5 Å². The molecule has 2 heterocycles. The minimum atomic E-state index is 1.14. The van der Waals surface area contributed by atoms with Crippen molar-refractivity contribution in [3.63, 3.8) is 0 Å². The van der Waals surface area contributed by atoms with Gasteiger partial charge in [-0.25, -0.2) is 0 Å². The van der Waals surface area contributed by atoms with Gasteiger partial charge in [-0.2, -0.15) is 0 Å². The van der Waals surface area contributed by atoms with Crippen LogP contribution in [0.5, 0.6) is 0 Å². The van der Waals surface area contributed by atoms with Gasteiger partial charge in [0.15, 0.2) is 0 Å². The molecule has 0 bridgehead atoms. The third-order valence-corrected chi connectivity index (χ3v) is 5.25. The molecular weight excluding hydrogens is 292 g/mol. The summed E-state index contributed by atoms with van der Waals surface area (Å²) in [4.78, 5) is 4.95. The molecule has 0 atom stereocenters. The molecule has 2 aliphatic heterocycles. The molecule has 0 aromatic heterocycles. The molecule has 0 saturated carbocycles. The smallest absolute Gasteiger partial charge is 0.0398 e. The highest BCUT2D eigenvalue weighted by Gasteiger charge is 2.14. The second-order valence-corrected chi connectivity index (χ2v) is 6.70. The Morgan fingerprint density at radius 3 is 2.21 bits per heavy atom. The van der Waals surface area contributed by atoms with Gasteiger partial charge in [0.05, 0.1) is 0 Å². The van der Waals surface area contributed by atoms with Gasteiger partial charge in [0.2, 0.25) is 0 Å². The Morgan fingerprint density at radius 2 is 1.46 bits per heavy atom. The second kappa shape index (κ2) is 8.34. The number of likely N-dealkylation sites (N-methyl/N-ethyl adjacent to an activating group) is 1. The Bertz CT molecular complexity index is 650. The fourth-order valence-corrected chi connectivity index (χ4v) is 3.76. The molecule has 2 aromatic rings. The summed E-state index contributed by atoms with van der Waals surface area (Å²) in [6.07, 6.45) is 3.79. The van der Waals surface area contributed by atoms with Gasteiger partial charge in [-0.15, -0.1) is 0 Å². The number of anilines is 1. The zero-order valence-corrected chi connectivity index (χ0v) is 15.2. The molecule has 24 heavy (non-hydrogen) atoms. The first-order valence-corrected chi connectivity index (χ1v) is 9.43. The third-order valence-electron chi connectivity index (χ3n) is 5.25. The molecule has 0 saturated heterocycles. The summed E-state index contributed by atoms with van der Waals surface area (Å²) in [6.45, 7) is 10.4. The zero-order valence-electron chi connectivity index (χ0n) is 15.2. The summed E-state index contributed by atoms with van der Waals surface area (Å²) >= 11 is 0. The van der Waals surface area contributed by atoms with Gasteiger partial charge in [-0.1, -0.05) is 49.4 Å². The molecule has 0 amide bonds. The summed E-state index contributed by atoms with van der Waals surface area (Å²) in [6, 6.07) is 17.5. The molecule has 0 unspecified atom stereocenters. The van der Waals surface area contributed by atoms with Crippen LogP contribution in [0.1, 0.15) is 37.0 Å². The number of benzene rings is 2. The predicted octanol–water partition coefficient (Wildman–Crippen LogP) is 4.52. The predicted molar refractivity (Wildman–Crippen MR) is 104 cm³/mol. The molecule has 0 spiro atoms. The lowest BCUT2D eigenvalue weighted by Crippen LogP contribution is -2.29. The largest absolute Gasteiger partial charge is 0.372 e. The van der Waals surface area contributed by atoms with Crippen molar-refractivity contribution in [3.05, 3.63) is 65.2 Å². The number of aryl methyl sites for hydroxylation is 1. The maximum atomic E-state index is 2.49. The topological polar surface area (TPSA) is 6.48 Å². The summed E-state index contributed by atoms with van der Waals surface area (Å²) in [5.41, 5.74) is 6.03. The highest BCUT2D eigenvalue weighted by atomic mass is 15.1. The van der Waals surface area contributed by atoms with Crippen LogP contribution in [-0.4, -0.2) is 31.1 Å². The monoisotopic (exact) mass is 322 g/mol. The van der Waals surface area contributed by atoms with Gasteiger partial charge in [0.1, 0.15) is 0 Å². The fraction of sp³-hybridized carbons (Fsp3) is 0.455. The molecule has 0 fully saturated rings. The minimum absolute atomic E-state index is 1.14. The van der Waals surface area contributed by atoms with E-state index in [0.717, 1.165) is 13.1 Å². The molecule has 2 heteroatoms.